The van der Waals surface area contributed by atoms with E-state index in [1.165, 1.54) is 4.90 Å². The third kappa shape index (κ3) is 2.47. The largest absolute Gasteiger partial charge is 0.347 e. The van der Waals surface area contributed by atoms with Gasteiger partial charge in [0.15, 0.2) is 0 Å². The molecule has 15 heavy (non-hydrogen) atoms. The fourth-order valence-corrected chi connectivity index (χ4v) is 1.85. The summed E-state index contributed by atoms with van der Waals surface area (Å²) in [5.74, 6) is 0.198. The van der Waals surface area contributed by atoms with Crippen molar-refractivity contribution in [1.29, 1.82) is 0 Å². The molecular formula is C10H19N3O2. The van der Waals surface area contributed by atoms with E-state index in [-0.39, 0.29) is 23.8 Å². The van der Waals surface area contributed by atoms with Crippen LogP contribution in [0.1, 0.15) is 13.3 Å². The zero-order chi connectivity index (χ0) is 11.6. The Labute approximate surface area is 90.2 Å². The van der Waals surface area contributed by atoms with E-state index in [4.69, 9.17) is 5.73 Å². The normalized spacial score (nSPS) is 23.1. The van der Waals surface area contributed by atoms with Gasteiger partial charge in [-0.25, -0.2) is 0 Å². The van der Waals surface area contributed by atoms with Crippen LogP contribution in [0.4, 0.5) is 0 Å². The predicted molar refractivity (Wildman–Crippen MR) is 57.0 cm³/mol. The lowest BCUT2D eigenvalue weighted by Gasteiger charge is -2.26. The van der Waals surface area contributed by atoms with Gasteiger partial charge in [0.1, 0.15) is 6.04 Å². The van der Waals surface area contributed by atoms with Crippen LogP contribution in [0, 0.1) is 5.92 Å². The van der Waals surface area contributed by atoms with Crippen molar-refractivity contribution >= 4 is 11.8 Å². The molecule has 1 rings (SSSR count). The molecule has 2 N–H and O–H groups in total. The molecular weight excluding hydrogens is 194 g/mol. The lowest BCUT2D eigenvalue weighted by atomic mass is 10.1. The van der Waals surface area contributed by atoms with Crippen LogP contribution >= 0.6 is 0 Å². The number of carbonyl (C=O) groups is 2. The van der Waals surface area contributed by atoms with Gasteiger partial charge >= 0.3 is 0 Å². The first-order valence-electron chi connectivity index (χ1n) is 5.18. The van der Waals surface area contributed by atoms with Gasteiger partial charge in [-0.1, -0.05) is 0 Å². The summed E-state index contributed by atoms with van der Waals surface area (Å²) >= 11 is 0. The summed E-state index contributed by atoms with van der Waals surface area (Å²) in [6.45, 7) is 2.88. The number of amides is 2. The predicted octanol–water partition coefficient (Wildman–Crippen LogP) is -0.730. The quantitative estimate of drug-likeness (QED) is 0.672. The number of hydrogen-bond donors (Lipinski definition) is 1. The van der Waals surface area contributed by atoms with E-state index < -0.39 is 0 Å². The molecule has 86 valence electrons. The number of nitrogens with two attached hydrogens (primary N) is 1. The van der Waals surface area contributed by atoms with Crippen molar-refractivity contribution in [1.82, 2.24) is 9.80 Å². The Morgan fingerprint density at radius 1 is 1.67 bits per heavy atom. The molecule has 0 bridgehead atoms. The van der Waals surface area contributed by atoms with Gasteiger partial charge in [0, 0.05) is 27.1 Å². The summed E-state index contributed by atoms with van der Waals surface area (Å²) in [6, 6.07) is -0.371. The average Bonchev–Trinajstić information content (AvgIpc) is 2.57. The van der Waals surface area contributed by atoms with Crippen molar-refractivity contribution in [3.8, 4) is 0 Å². The highest BCUT2D eigenvalue weighted by Crippen LogP contribution is 2.19. The zero-order valence-electron chi connectivity index (χ0n) is 9.56. The molecule has 0 spiro atoms. The molecule has 0 radical (unpaired) electrons. The number of carbonyl (C=O) groups excluding carboxylic acids is 2. The van der Waals surface area contributed by atoms with Crippen molar-refractivity contribution in [3.05, 3.63) is 0 Å². The standard InChI is InChI=1S/C10H19N3O2/c1-7(10(15)12(2)3)13-6-8(5-11)4-9(13)14/h7-8H,4-6,11H2,1-3H3. The van der Waals surface area contributed by atoms with E-state index in [9.17, 15) is 9.59 Å². The molecule has 0 aromatic rings. The second-order valence-corrected chi connectivity index (χ2v) is 4.26. The fourth-order valence-electron chi connectivity index (χ4n) is 1.85. The molecule has 5 nitrogen and oxygen atoms in total. The Hall–Kier alpha value is -1.10. The molecule has 1 aliphatic rings. The number of nitrogens with zero attached hydrogens (tertiary/aromatic N) is 2. The highest BCUT2D eigenvalue weighted by Gasteiger charge is 2.34. The maximum absolute atomic E-state index is 11.7. The van der Waals surface area contributed by atoms with Crippen molar-refractivity contribution in [3.63, 3.8) is 0 Å². The highest BCUT2D eigenvalue weighted by atomic mass is 16.2. The van der Waals surface area contributed by atoms with Crippen LogP contribution in [0.5, 0.6) is 0 Å². The first-order valence-corrected chi connectivity index (χ1v) is 5.18. The summed E-state index contributed by atoms with van der Waals surface area (Å²) in [5.41, 5.74) is 5.52. The highest BCUT2D eigenvalue weighted by molar-refractivity contribution is 5.88. The van der Waals surface area contributed by atoms with E-state index in [0.717, 1.165) is 0 Å². The van der Waals surface area contributed by atoms with E-state index in [1.807, 2.05) is 0 Å². The molecule has 2 amide bonds. The fraction of sp³-hybridized carbons (Fsp3) is 0.800. The molecule has 1 aliphatic heterocycles. The Morgan fingerprint density at radius 3 is 2.67 bits per heavy atom. The van der Waals surface area contributed by atoms with Gasteiger partial charge in [0.2, 0.25) is 11.8 Å². The Bertz CT molecular complexity index is 265. The molecule has 0 saturated carbocycles. The van der Waals surface area contributed by atoms with Gasteiger partial charge in [-0.15, -0.1) is 0 Å². The van der Waals surface area contributed by atoms with Gasteiger partial charge in [0.25, 0.3) is 0 Å². The molecule has 1 fully saturated rings. The summed E-state index contributed by atoms with van der Waals surface area (Å²) < 4.78 is 0. The minimum Gasteiger partial charge on any atom is -0.347 e. The number of likely N-dealkylation sites (N-methyl/N-ethyl adjacent to an activating group) is 1. The van der Waals surface area contributed by atoms with Gasteiger partial charge in [-0.05, 0) is 19.4 Å². The van der Waals surface area contributed by atoms with E-state index in [0.29, 0.717) is 19.5 Å². The maximum atomic E-state index is 11.7. The maximum Gasteiger partial charge on any atom is 0.244 e. The Morgan fingerprint density at radius 2 is 2.27 bits per heavy atom. The first kappa shape index (κ1) is 12.0. The molecule has 1 heterocycles. The molecule has 0 aromatic heterocycles. The van der Waals surface area contributed by atoms with Crippen LogP contribution < -0.4 is 5.73 Å². The van der Waals surface area contributed by atoms with E-state index >= 15 is 0 Å². The van der Waals surface area contributed by atoms with Gasteiger partial charge in [-0.2, -0.15) is 0 Å². The Kier molecular flexibility index (Phi) is 3.68. The summed E-state index contributed by atoms with van der Waals surface area (Å²) in [7, 11) is 3.39. The average molecular weight is 213 g/mol. The lowest BCUT2D eigenvalue weighted by molar-refractivity contribution is -0.141. The second-order valence-electron chi connectivity index (χ2n) is 4.26. The van der Waals surface area contributed by atoms with Crippen molar-refractivity contribution in [2.24, 2.45) is 11.7 Å². The molecule has 5 heteroatoms. The number of hydrogen-bond acceptors (Lipinski definition) is 3. The van der Waals surface area contributed by atoms with E-state index in [2.05, 4.69) is 0 Å². The SMILES string of the molecule is CC(C(=O)N(C)C)N1CC(CN)CC1=O. The number of rotatable bonds is 3. The van der Waals surface area contributed by atoms with Crippen LogP contribution in [-0.2, 0) is 9.59 Å². The van der Waals surface area contributed by atoms with Gasteiger partial charge in [0.05, 0.1) is 0 Å². The summed E-state index contributed by atoms with van der Waals surface area (Å²) in [4.78, 5) is 26.4. The van der Waals surface area contributed by atoms with Gasteiger partial charge in [-0.3, -0.25) is 9.59 Å². The molecule has 2 atom stereocenters. The third-order valence-electron chi connectivity index (χ3n) is 2.84. The topological polar surface area (TPSA) is 66.6 Å². The van der Waals surface area contributed by atoms with Crippen molar-refractivity contribution in [2.45, 2.75) is 19.4 Å². The smallest absolute Gasteiger partial charge is 0.244 e. The van der Waals surface area contributed by atoms with Crippen LogP contribution in [0.15, 0.2) is 0 Å². The molecule has 0 aliphatic carbocycles. The van der Waals surface area contributed by atoms with Crippen molar-refractivity contribution in [2.75, 3.05) is 27.2 Å². The molecule has 2 unspecified atom stereocenters. The molecule has 0 aromatic carbocycles. The monoisotopic (exact) mass is 213 g/mol. The first-order chi connectivity index (χ1) is 6.97. The van der Waals surface area contributed by atoms with Crippen LogP contribution in [0.2, 0.25) is 0 Å². The van der Waals surface area contributed by atoms with Gasteiger partial charge < -0.3 is 15.5 Å². The van der Waals surface area contributed by atoms with E-state index in [1.54, 1.807) is 25.9 Å². The minimum absolute atomic E-state index is 0.0353. The van der Waals surface area contributed by atoms with Crippen LogP contribution in [0.3, 0.4) is 0 Å². The van der Waals surface area contributed by atoms with Crippen molar-refractivity contribution < 1.29 is 9.59 Å². The summed E-state index contributed by atoms with van der Waals surface area (Å²) in [5, 5.41) is 0. The number of likely N-dealkylation sites (tertiary alicyclic amines) is 1. The third-order valence-corrected chi connectivity index (χ3v) is 2.84. The lowest BCUT2D eigenvalue weighted by Crippen LogP contribution is -2.45. The molecule has 1 saturated heterocycles. The second kappa shape index (κ2) is 4.61. The Balaban J connectivity index is 2.65. The minimum atomic E-state index is -0.371. The zero-order valence-corrected chi connectivity index (χ0v) is 9.56. The summed E-state index contributed by atoms with van der Waals surface area (Å²) in [6.07, 6.45) is 0.474. The van der Waals surface area contributed by atoms with Crippen LogP contribution in [0.25, 0.3) is 0 Å². The van der Waals surface area contributed by atoms with Crippen LogP contribution in [-0.4, -0.2) is 54.8 Å².